The van der Waals surface area contributed by atoms with E-state index in [9.17, 15) is 39.3 Å². The minimum Gasteiger partial charge on any atom is -0.508 e. The zero-order valence-corrected chi connectivity index (χ0v) is 34.0. The minimum absolute atomic E-state index is 0.0178. The first-order chi connectivity index (χ1) is 30.2. The van der Waals surface area contributed by atoms with Gasteiger partial charge in [-0.3, -0.25) is 19.4 Å². The summed E-state index contributed by atoms with van der Waals surface area (Å²) < 4.78 is 6.06. The summed E-state index contributed by atoms with van der Waals surface area (Å²) in [6.07, 6.45) is 1.75. The largest absolute Gasteiger partial charge is 0.508 e. The van der Waals surface area contributed by atoms with Gasteiger partial charge >= 0.3 is 11.9 Å². The van der Waals surface area contributed by atoms with Gasteiger partial charge in [-0.1, -0.05) is 18.7 Å². The van der Waals surface area contributed by atoms with Crippen LogP contribution in [0, 0.1) is 0 Å². The molecule has 0 aliphatic carbocycles. The number of aromatic hydroxyl groups is 1. The molecule has 10 N–H and O–H groups in total. The topological polar surface area (TPSA) is 284 Å². The Morgan fingerprint density at radius 2 is 1.68 bits per heavy atom. The van der Waals surface area contributed by atoms with Gasteiger partial charge in [-0.25, -0.2) is 19.6 Å². The van der Waals surface area contributed by atoms with Crippen LogP contribution in [0.3, 0.4) is 0 Å². The van der Waals surface area contributed by atoms with Crippen LogP contribution < -0.4 is 47.7 Å². The number of ketones is 1. The molecule has 1 amide bonds. The van der Waals surface area contributed by atoms with Crippen molar-refractivity contribution in [3.63, 3.8) is 0 Å². The Morgan fingerprint density at radius 1 is 0.905 bits per heavy atom. The molecule has 1 aliphatic rings. The third kappa shape index (κ3) is 10.2. The lowest BCUT2D eigenvalue weighted by Crippen LogP contribution is -2.41. The number of nitrogens with zero attached hydrogens (tertiary/aromatic N) is 3. The molecule has 1 atom stereocenters. The number of nitrogens with two attached hydrogens (primary N) is 1. The molecule has 3 heterocycles. The maximum Gasteiger partial charge on any atom is 0.336 e. The number of fused-ring (bicyclic) bond motifs is 3. The molecule has 19 heteroatoms. The molecule has 320 valence electrons. The average Bonchev–Trinajstić information content (AvgIpc) is 3.24. The molecule has 1 aliphatic heterocycles. The van der Waals surface area contributed by atoms with E-state index in [1.807, 2.05) is 0 Å². The molecule has 0 spiro atoms. The molecule has 0 bridgehead atoms. The van der Waals surface area contributed by atoms with E-state index in [2.05, 4.69) is 47.8 Å². The maximum absolute atomic E-state index is 12.9. The van der Waals surface area contributed by atoms with Crippen molar-refractivity contribution in [2.45, 2.75) is 38.3 Å². The maximum atomic E-state index is 12.9. The second kappa shape index (κ2) is 18.6. The number of ether oxygens (including phenoxy) is 1. The van der Waals surface area contributed by atoms with E-state index < -0.39 is 29.4 Å². The summed E-state index contributed by atoms with van der Waals surface area (Å²) in [5, 5.41) is 43.3. The molecular formula is C44H39N9O9S. The molecule has 63 heavy (non-hydrogen) atoms. The number of benzene rings is 4. The molecule has 18 nitrogen and oxygen atoms in total. The van der Waals surface area contributed by atoms with Gasteiger partial charge in [-0.05, 0) is 96.5 Å². The van der Waals surface area contributed by atoms with Crippen molar-refractivity contribution < 1.29 is 39.2 Å². The number of nitrogen functional groups attached to an aromatic ring is 1. The van der Waals surface area contributed by atoms with Crippen molar-refractivity contribution in [3.8, 4) is 17.2 Å². The number of nitrogens with one attached hydrogen (secondary N) is 5. The van der Waals surface area contributed by atoms with Crippen LogP contribution in [0.1, 0.15) is 63.2 Å². The zero-order valence-electron chi connectivity index (χ0n) is 33.2. The first kappa shape index (κ1) is 42.9. The van der Waals surface area contributed by atoms with Crippen molar-refractivity contribution in [3.05, 3.63) is 134 Å². The average molecular weight is 870 g/mol. The van der Waals surface area contributed by atoms with E-state index in [4.69, 9.17) is 22.7 Å². The number of anilines is 3. The van der Waals surface area contributed by atoms with E-state index in [0.717, 1.165) is 0 Å². The Balaban J connectivity index is 0.886. The summed E-state index contributed by atoms with van der Waals surface area (Å²) in [5.41, 5.74) is 8.52. The third-order valence-electron chi connectivity index (χ3n) is 9.89. The summed E-state index contributed by atoms with van der Waals surface area (Å²) in [6.45, 7) is 4.47. The van der Waals surface area contributed by atoms with E-state index >= 15 is 0 Å². The summed E-state index contributed by atoms with van der Waals surface area (Å²) in [5.74, 6) is -2.54. The van der Waals surface area contributed by atoms with Gasteiger partial charge in [0.1, 0.15) is 29.1 Å². The fourth-order valence-corrected chi connectivity index (χ4v) is 7.03. The van der Waals surface area contributed by atoms with Crippen LogP contribution in [-0.2, 0) is 16.1 Å². The number of carboxylic acids is 2. The Bertz CT molecular complexity index is 3000. The summed E-state index contributed by atoms with van der Waals surface area (Å²) in [6, 6.07) is 19.6. The predicted molar refractivity (Wildman–Crippen MR) is 237 cm³/mol. The van der Waals surface area contributed by atoms with Crippen molar-refractivity contribution in [1.82, 2.24) is 30.6 Å². The number of phenolic OH excluding ortho intramolecular Hbond substituents is 1. The molecular weight excluding hydrogens is 831 g/mol. The Morgan fingerprint density at radius 3 is 2.44 bits per heavy atom. The van der Waals surface area contributed by atoms with Crippen molar-refractivity contribution in [1.29, 1.82) is 0 Å². The van der Waals surface area contributed by atoms with E-state index in [1.54, 1.807) is 48.5 Å². The molecule has 6 aromatic rings. The number of hydrogen-bond acceptors (Lipinski definition) is 13. The van der Waals surface area contributed by atoms with Gasteiger partial charge in [0.2, 0.25) is 5.95 Å². The van der Waals surface area contributed by atoms with Gasteiger partial charge in [0, 0.05) is 58.7 Å². The number of H-pyrrole nitrogens is 1. The van der Waals surface area contributed by atoms with Gasteiger partial charge < -0.3 is 47.1 Å². The lowest BCUT2D eigenvalue weighted by molar-refractivity contribution is -0.139. The van der Waals surface area contributed by atoms with Crippen molar-refractivity contribution in [2.75, 3.05) is 22.9 Å². The van der Waals surface area contributed by atoms with Crippen LogP contribution in [0.25, 0.3) is 23.3 Å². The Hall–Kier alpha value is -8.19. The Labute approximate surface area is 362 Å². The number of aromatic carboxylic acids is 1. The van der Waals surface area contributed by atoms with Gasteiger partial charge in [-0.15, -0.1) is 0 Å². The molecule has 0 saturated carbocycles. The minimum atomic E-state index is -1.31. The molecule has 0 radical (unpaired) electrons. The summed E-state index contributed by atoms with van der Waals surface area (Å²) in [4.78, 5) is 77.0. The highest BCUT2D eigenvalue weighted by Crippen LogP contribution is 2.39. The van der Waals surface area contributed by atoms with Crippen LogP contribution >= 0.6 is 12.2 Å². The molecule has 4 aromatic carbocycles. The van der Waals surface area contributed by atoms with Crippen LogP contribution in [0.4, 0.5) is 17.3 Å². The lowest BCUT2D eigenvalue weighted by Gasteiger charge is -2.23. The SMILES string of the molecule is C=c1ccc2c(c1)Oc1cc(O)ccc1C=2c1cc(NC(=S)NCCCC(=O)CCC(NC(=O)c2ccc(NCc3cnc4nc(N)[nH]c(=O)c4n3)cc2)C(=O)O)ccc1C(=O)O. The van der Waals surface area contributed by atoms with Gasteiger partial charge in [-0.2, -0.15) is 4.98 Å². The van der Waals surface area contributed by atoms with Crippen LogP contribution in [-0.4, -0.2) is 76.6 Å². The molecule has 1 unspecified atom stereocenters. The molecule has 7 rings (SSSR count). The zero-order chi connectivity index (χ0) is 44.8. The highest BCUT2D eigenvalue weighted by atomic mass is 32.1. The van der Waals surface area contributed by atoms with E-state index in [-0.39, 0.29) is 70.7 Å². The number of carbonyl (C=O) groups is 4. The number of amides is 1. The van der Waals surface area contributed by atoms with Gasteiger partial charge in [0.25, 0.3) is 11.5 Å². The number of aliphatic carboxylic acids is 1. The number of phenols is 1. The third-order valence-corrected chi connectivity index (χ3v) is 10.1. The molecule has 2 aromatic heterocycles. The highest BCUT2D eigenvalue weighted by Gasteiger charge is 2.25. The number of carbonyl (C=O) groups excluding carboxylic acids is 2. The number of aromatic nitrogens is 4. The normalized spacial score (nSPS) is 12.0. The van der Waals surface area contributed by atoms with Gasteiger partial charge in [0.15, 0.2) is 16.3 Å². The Kier molecular flexibility index (Phi) is 12.7. The number of rotatable bonds is 16. The van der Waals surface area contributed by atoms with E-state index in [1.165, 1.54) is 36.5 Å². The number of hydrogen-bond donors (Lipinski definition) is 9. The smallest absolute Gasteiger partial charge is 0.336 e. The first-order valence-corrected chi connectivity index (χ1v) is 19.8. The summed E-state index contributed by atoms with van der Waals surface area (Å²) >= 11 is 5.50. The second-order valence-electron chi connectivity index (χ2n) is 14.4. The fraction of sp³-hybridized carbons (Fsp3) is 0.159. The number of carboxylic acid groups (broad SMARTS) is 2. The van der Waals surface area contributed by atoms with Crippen LogP contribution in [0.15, 0.2) is 89.9 Å². The lowest BCUT2D eigenvalue weighted by atomic mass is 9.89. The van der Waals surface area contributed by atoms with Crippen LogP contribution in [0.2, 0.25) is 0 Å². The predicted octanol–water partition coefficient (Wildman–Crippen LogP) is 3.37. The highest BCUT2D eigenvalue weighted by molar-refractivity contribution is 7.80. The second-order valence-corrected chi connectivity index (χ2v) is 14.8. The number of Topliss-reactive ketones (excluding diaryl/α,β-unsaturated/α-hetero) is 1. The number of thiocarbonyl (C=S) groups is 1. The monoisotopic (exact) mass is 869 g/mol. The van der Waals surface area contributed by atoms with Gasteiger partial charge in [0.05, 0.1) is 24.0 Å². The number of aromatic amines is 1. The standard InChI is InChI=1S/C44H39N9O9S/c1-22-4-12-30-34(17-22)62-35-19-28(55)10-14-31(35)36(30)32-18-25(9-13-29(32)41(58)59)50-44(63)46-16-2-3-27(54)11-15-33(42(60)61)51-39(56)23-5-7-24(8-6-23)47-20-26-21-48-38-37(49-26)40(57)53-43(45)52-38/h4-10,12-14,17-19,21,33,47,55H,1-3,11,15-16,20H2,(H,51,56)(H,58,59)(H,60,61)(H2,46,50,63)(H3,45,48,52,53,57). The fourth-order valence-electron chi connectivity index (χ4n) is 6.81. The van der Waals surface area contributed by atoms with Crippen LogP contribution in [0.5, 0.6) is 17.2 Å². The van der Waals surface area contributed by atoms with Crippen molar-refractivity contribution >= 4 is 81.6 Å². The quantitative estimate of drug-likeness (QED) is 0.0497. The summed E-state index contributed by atoms with van der Waals surface area (Å²) in [7, 11) is 0. The first-order valence-electron chi connectivity index (χ1n) is 19.4. The molecule has 0 saturated heterocycles. The van der Waals surface area contributed by atoms with E-state index in [0.29, 0.717) is 68.7 Å². The molecule has 0 fully saturated rings. The van der Waals surface area contributed by atoms with Crippen molar-refractivity contribution in [2.24, 2.45) is 0 Å².